The summed E-state index contributed by atoms with van der Waals surface area (Å²) in [4.78, 5) is 19.5. The van der Waals surface area contributed by atoms with Crippen LogP contribution in [0, 0.1) is 6.92 Å². The monoisotopic (exact) mass is 322 g/mol. The van der Waals surface area contributed by atoms with Gasteiger partial charge in [0.2, 0.25) is 0 Å². The van der Waals surface area contributed by atoms with Gasteiger partial charge in [0, 0.05) is 30.9 Å². The first kappa shape index (κ1) is 15.1. The molecule has 0 fully saturated rings. The molecule has 3 heterocycles. The molecule has 5 heteroatoms. The molecule has 0 saturated carbocycles. The average Bonchev–Trinajstić information content (AvgIpc) is 2.92. The van der Waals surface area contributed by atoms with Crippen molar-refractivity contribution in [1.82, 2.24) is 19.7 Å². The standard InChI is InChI=1S/C19H22N4O/c1-14-6-5-9-18(20-14)23-19(24)16-10-11-22(13-17(16)21-23)12-15-7-3-2-4-8-15/h3,5-9,21H,2,4,10-13H2,1H3. The van der Waals surface area contributed by atoms with Crippen LogP contribution in [0.15, 0.2) is 46.8 Å². The molecule has 1 N–H and O–H groups in total. The van der Waals surface area contributed by atoms with Crippen LogP contribution < -0.4 is 5.56 Å². The lowest BCUT2D eigenvalue weighted by atomic mass is 10.0. The zero-order chi connectivity index (χ0) is 16.5. The summed E-state index contributed by atoms with van der Waals surface area (Å²) in [5, 5.41) is 3.28. The molecule has 0 unspecified atom stereocenters. The molecule has 2 aromatic heterocycles. The molecule has 0 saturated heterocycles. The van der Waals surface area contributed by atoms with Gasteiger partial charge in [-0.2, -0.15) is 0 Å². The van der Waals surface area contributed by atoms with E-state index in [1.165, 1.54) is 5.57 Å². The molecule has 0 aromatic carbocycles. The number of hydrogen-bond donors (Lipinski definition) is 1. The Morgan fingerprint density at radius 2 is 2.21 bits per heavy atom. The molecular weight excluding hydrogens is 300 g/mol. The summed E-state index contributed by atoms with van der Waals surface area (Å²) < 4.78 is 1.58. The zero-order valence-electron chi connectivity index (χ0n) is 14.0. The molecule has 24 heavy (non-hydrogen) atoms. The molecule has 0 radical (unpaired) electrons. The number of pyridine rings is 1. The second kappa shape index (κ2) is 6.24. The lowest BCUT2D eigenvalue weighted by Gasteiger charge is -2.26. The van der Waals surface area contributed by atoms with Crippen molar-refractivity contribution in [1.29, 1.82) is 0 Å². The van der Waals surface area contributed by atoms with Crippen LogP contribution in [-0.4, -0.2) is 32.8 Å². The highest BCUT2D eigenvalue weighted by atomic mass is 16.1. The number of fused-ring (bicyclic) bond motifs is 1. The van der Waals surface area contributed by atoms with E-state index in [0.29, 0.717) is 5.82 Å². The normalized spacial score (nSPS) is 17.6. The SMILES string of the molecule is Cc1cccc(-n2[nH]c3c(c2=O)CCN(CC2=CCCC=C2)C3)n1. The maximum Gasteiger partial charge on any atom is 0.276 e. The maximum absolute atomic E-state index is 12.7. The van der Waals surface area contributed by atoms with Gasteiger partial charge in [0.05, 0.1) is 5.69 Å². The fraction of sp³-hybridized carbons (Fsp3) is 0.368. The minimum atomic E-state index is 0.0412. The fourth-order valence-electron chi connectivity index (χ4n) is 3.47. The van der Waals surface area contributed by atoms with Crippen molar-refractivity contribution in [3.8, 4) is 5.82 Å². The summed E-state index contributed by atoms with van der Waals surface area (Å²) in [5.74, 6) is 0.666. The van der Waals surface area contributed by atoms with Crippen molar-refractivity contribution < 1.29 is 0 Å². The molecule has 0 spiro atoms. The Kier molecular flexibility index (Phi) is 3.94. The van der Waals surface area contributed by atoms with Gasteiger partial charge in [0.15, 0.2) is 5.82 Å². The summed E-state index contributed by atoms with van der Waals surface area (Å²) >= 11 is 0. The van der Waals surface area contributed by atoms with Crippen LogP contribution in [0.3, 0.4) is 0 Å². The van der Waals surface area contributed by atoms with Crippen LogP contribution in [0.5, 0.6) is 0 Å². The number of nitrogens with one attached hydrogen (secondary N) is 1. The smallest absolute Gasteiger partial charge is 0.276 e. The first-order valence-electron chi connectivity index (χ1n) is 8.55. The van der Waals surface area contributed by atoms with Gasteiger partial charge >= 0.3 is 0 Å². The highest BCUT2D eigenvalue weighted by Gasteiger charge is 2.23. The van der Waals surface area contributed by atoms with Crippen molar-refractivity contribution in [3.05, 3.63) is 69.3 Å². The molecule has 2 aliphatic rings. The van der Waals surface area contributed by atoms with Gasteiger partial charge in [0.1, 0.15) is 0 Å². The van der Waals surface area contributed by atoms with Crippen LogP contribution in [0.2, 0.25) is 0 Å². The molecule has 4 rings (SSSR count). The molecular formula is C19H22N4O. The highest BCUT2D eigenvalue weighted by molar-refractivity contribution is 5.30. The second-order valence-corrected chi connectivity index (χ2v) is 6.57. The van der Waals surface area contributed by atoms with Crippen LogP contribution in [0.4, 0.5) is 0 Å². The third-order valence-corrected chi connectivity index (χ3v) is 4.71. The van der Waals surface area contributed by atoms with Crippen molar-refractivity contribution in [2.24, 2.45) is 0 Å². The van der Waals surface area contributed by atoms with E-state index in [2.05, 4.69) is 33.2 Å². The topological polar surface area (TPSA) is 53.9 Å². The van der Waals surface area contributed by atoms with Crippen molar-refractivity contribution in [2.75, 3.05) is 13.1 Å². The van der Waals surface area contributed by atoms with Gasteiger partial charge in [-0.1, -0.05) is 24.3 Å². The quantitative estimate of drug-likeness (QED) is 0.944. The van der Waals surface area contributed by atoms with Crippen molar-refractivity contribution in [2.45, 2.75) is 32.7 Å². The van der Waals surface area contributed by atoms with Crippen LogP contribution in [-0.2, 0) is 13.0 Å². The third kappa shape index (κ3) is 2.87. The van der Waals surface area contributed by atoms with E-state index in [0.717, 1.165) is 55.8 Å². The first-order valence-corrected chi connectivity index (χ1v) is 8.55. The summed E-state index contributed by atoms with van der Waals surface area (Å²) in [6.45, 7) is 4.59. The average molecular weight is 322 g/mol. The Labute approximate surface area is 141 Å². The Morgan fingerprint density at radius 1 is 1.29 bits per heavy atom. The number of aryl methyl sites for hydroxylation is 1. The zero-order valence-corrected chi connectivity index (χ0v) is 14.0. The number of allylic oxidation sites excluding steroid dienone is 2. The van der Waals surface area contributed by atoms with E-state index < -0.39 is 0 Å². The fourth-order valence-corrected chi connectivity index (χ4v) is 3.47. The summed E-state index contributed by atoms with van der Waals surface area (Å²) in [5.41, 5.74) is 4.26. The number of rotatable bonds is 3. The van der Waals surface area contributed by atoms with Gasteiger partial charge in [-0.05, 0) is 43.9 Å². The molecule has 2 aromatic rings. The Bertz CT molecular complexity index is 872. The number of hydrogen-bond acceptors (Lipinski definition) is 3. The molecule has 1 aliphatic heterocycles. The van der Waals surface area contributed by atoms with Crippen molar-refractivity contribution >= 4 is 0 Å². The van der Waals surface area contributed by atoms with Crippen LogP contribution in [0.25, 0.3) is 5.82 Å². The number of aromatic amines is 1. The maximum atomic E-state index is 12.7. The Morgan fingerprint density at radius 3 is 3.00 bits per heavy atom. The van der Waals surface area contributed by atoms with Gasteiger partial charge in [-0.15, -0.1) is 0 Å². The first-order chi connectivity index (χ1) is 11.7. The molecule has 124 valence electrons. The molecule has 0 amide bonds. The van der Waals surface area contributed by atoms with E-state index in [4.69, 9.17) is 0 Å². The van der Waals surface area contributed by atoms with Crippen LogP contribution >= 0.6 is 0 Å². The predicted molar refractivity (Wildman–Crippen MR) is 94.4 cm³/mol. The third-order valence-electron chi connectivity index (χ3n) is 4.71. The van der Waals surface area contributed by atoms with Crippen LogP contribution in [0.1, 0.15) is 29.8 Å². The largest absolute Gasteiger partial charge is 0.293 e. The van der Waals surface area contributed by atoms with E-state index >= 15 is 0 Å². The van der Waals surface area contributed by atoms with E-state index in [-0.39, 0.29) is 5.56 Å². The molecule has 0 atom stereocenters. The second-order valence-electron chi connectivity index (χ2n) is 6.57. The lowest BCUT2D eigenvalue weighted by Crippen LogP contribution is -2.33. The van der Waals surface area contributed by atoms with Gasteiger partial charge < -0.3 is 0 Å². The lowest BCUT2D eigenvalue weighted by molar-refractivity contribution is 0.273. The van der Waals surface area contributed by atoms with Gasteiger partial charge in [0.25, 0.3) is 5.56 Å². The van der Waals surface area contributed by atoms with Gasteiger partial charge in [-0.3, -0.25) is 14.8 Å². The van der Waals surface area contributed by atoms with E-state index in [1.54, 1.807) is 4.68 Å². The minimum Gasteiger partial charge on any atom is -0.293 e. The summed E-state index contributed by atoms with van der Waals surface area (Å²) in [6, 6.07) is 5.73. The highest BCUT2D eigenvalue weighted by Crippen LogP contribution is 2.18. The number of H-pyrrole nitrogens is 1. The Hall–Kier alpha value is -2.40. The van der Waals surface area contributed by atoms with E-state index in [9.17, 15) is 4.79 Å². The molecule has 1 aliphatic carbocycles. The number of nitrogens with zero attached hydrogens (tertiary/aromatic N) is 3. The molecule has 5 nitrogen and oxygen atoms in total. The van der Waals surface area contributed by atoms with Crippen molar-refractivity contribution in [3.63, 3.8) is 0 Å². The minimum absolute atomic E-state index is 0.0412. The summed E-state index contributed by atoms with van der Waals surface area (Å²) in [6.07, 6.45) is 9.86. The number of aromatic nitrogens is 3. The summed E-state index contributed by atoms with van der Waals surface area (Å²) in [7, 11) is 0. The van der Waals surface area contributed by atoms with E-state index in [1.807, 2.05) is 25.1 Å². The van der Waals surface area contributed by atoms with Gasteiger partial charge in [-0.25, -0.2) is 9.67 Å². The molecule has 0 bridgehead atoms. The predicted octanol–water partition coefficient (Wildman–Crippen LogP) is 2.50. The Balaban J connectivity index is 1.58.